The van der Waals surface area contributed by atoms with E-state index in [1.807, 2.05) is 25.2 Å². The highest BCUT2D eigenvalue weighted by Crippen LogP contribution is 2.23. The van der Waals surface area contributed by atoms with Crippen LogP contribution in [0.1, 0.15) is 6.92 Å². The van der Waals surface area contributed by atoms with E-state index in [1.54, 1.807) is 10.9 Å². The molecule has 5 N–H and O–H groups in total. The van der Waals surface area contributed by atoms with Crippen molar-refractivity contribution < 1.29 is 14.1 Å². The van der Waals surface area contributed by atoms with E-state index < -0.39 is 6.03 Å². The summed E-state index contributed by atoms with van der Waals surface area (Å²) in [4.78, 5) is 15.9. The minimum Gasteiger partial charge on any atom is -0.382 e. The molecule has 9 heteroatoms. The molecule has 0 spiro atoms. The molecule has 1 aliphatic carbocycles. The number of rotatable bonds is 3. The van der Waals surface area contributed by atoms with Crippen LogP contribution in [0.3, 0.4) is 0 Å². The van der Waals surface area contributed by atoms with Gasteiger partial charge in [-0.3, -0.25) is 0 Å². The van der Waals surface area contributed by atoms with Crippen LogP contribution < -0.4 is 16.8 Å². The van der Waals surface area contributed by atoms with Gasteiger partial charge in [-0.1, -0.05) is 0 Å². The standard InChI is InChI=1S/C16H21N7O2/c1-2-23-15(17)14(10-19-23)20-12-4-3-11(9-13(12)21-16(18)24)22-5-7-25-8-6-22/h3-4,9-10H,2,5-8H2,1H3,(H4,17,18,19,21,24)/p+1. The Morgan fingerprint density at radius 1 is 1.44 bits per heavy atom. The molecule has 2 amide bonds. The van der Waals surface area contributed by atoms with Crippen LogP contribution >= 0.6 is 0 Å². The number of hydrogen-bond acceptors (Lipinski definition) is 5. The molecule has 1 aromatic heterocycles. The van der Waals surface area contributed by atoms with Crippen LogP contribution in [0.25, 0.3) is 0 Å². The van der Waals surface area contributed by atoms with Crippen molar-refractivity contribution in [1.29, 1.82) is 0 Å². The van der Waals surface area contributed by atoms with E-state index in [-0.39, 0.29) is 0 Å². The monoisotopic (exact) mass is 344 g/mol. The number of allylic oxidation sites excluding steroid dienone is 3. The van der Waals surface area contributed by atoms with Gasteiger partial charge in [-0.2, -0.15) is 5.10 Å². The SMILES string of the molecule is CCn1ncc(/N=C2/C=CC(=[N+]3CCOCC3)C=C2NC(N)=O)c1N. The number of hydrogen-bond donors (Lipinski definition) is 3. The topological polar surface area (TPSA) is 124 Å². The summed E-state index contributed by atoms with van der Waals surface area (Å²) in [6, 6.07) is -0.646. The first-order valence-electron chi connectivity index (χ1n) is 8.14. The van der Waals surface area contributed by atoms with Crippen LogP contribution in [-0.4, -0.2) is 58.1 Å². The number of ether oxygens (including phenoxy) is 1. The summed E-state index contributed by atoms with van der Waals surface area (Å²) in [5, 5.41) is 6.81. The van der Waals surface area contributed by atoms with E-state index in [1.165, 1.54) is 0 Å². The lowest BCUT2D eigenvalue weighted by molar-refractivity contribution is -0.547. The molecule has 1 saturated heterocycles. The van der Waals surface area contributed by atoms with E-state index in [0.29, 0.717) is 42.7 Å². The van der Waals surface area contributed by atoms with Gasteiger partial charge in [-0.15, -0.1) is 0 Å². The third-order valence-corrected chi connectivity index (χ3v) is 4.01. The van der Waals surface area contributed by atoms with E-state index >= 15 is 0 Å². The highest BCUT2D eigenvalue weighted by Gasteiger charge is 2.21. The van der Waals surface area contributed by atoms with E-state index in [9.17, 15) is 4.79 Å². The zero-order valence-corrected chi connectivity index (χ0v) is 14.1. The maximum absolute atomic E-state index is 11.4. The van der Waals surface area contributed by atoms with Crippen molar-refractivity contribution >= 4 is 29.0 Å². The number of anilines is 1. The van der Waals surface area contributed by atoms with Crippen LogP contribution in [-0.2, 0) is 11.3 Å². The molecule has 132 valence electrons. The number of nitrogens with two attached hydrogens (primary N) is 2. The molecular formula is C16H22N7O2+. The zero-order valence-electron chi connectivity index (χ0n) is 14.1. The molecule has 1 aliphatic heterocycles. The molecule has 0 atom stereocenters. The Labute approximate surface area is 145 Å². The number of nitrogen functional groups attached to an aromatic ring is 1. The van der Waals surface area contributed by atoms with Crippen molar-refractivity contribution in [1.82, 2.24) is 15.1 Å². The first-order valence-corrected chi connectivity index (χ1v) is 8.14. The lowest BCUT2D eigenvalue weighted by Gasteiger charge is -2.16. The van der Waals surface area contributed by atoms with Crippen LogP contribution in [0.15, 0.2) is 35.1 Å². The third kappa shape index (κ3) is 3.77. The van der Waals surface area contributed by atoms with Gasteiger partial charge in [0, 0.05) is 18.7 Å². The summed E-state index contributed by atoms with van der Waals surface area (Å²) in [5.41, 5.74) is 14.0. The van der Waals surface area contributed by atoms with Crippen LogP contribution in [0.5, 0.6) is 0 Å². The van der Waals surface area contributed by atoms with Crippen molar-refractivity contribution in [3.05, 3.63) is 30.1 Å². The van der Waals surface area contributed by atoms with Gasteiger partial charge < -0.3 is 21.5 Å². The number of primary amides is 1. The Bertz CT molecular complexity index is 793. The summed E-state index contributed by atoms with van der Waals surface area (Å²) in [7, 11) is 0. The second kappa shape index (κ2) is 7.31. The van der Waals surface area contributed by atoms with Gasteiger partial charge in [0.15, 0.2) is 13.1 Å². The molecule has 0 saturated carbocycles. The van der Waals surface area contributed by atoms with Crippen molar-refractivity contribution in [2.24, 2.45) is 10.7 Å². The first-order chi connectivity index (χ1) is 12.1. The molecule has 0 bridgehead atoms. The minimum atomic E-state index is -0.646. The Kier molecular flexibility index (Phi) is 4.94. The number of nitrogens with zero attached hydrogens (tertiary/aromatic N) is 4. The number of morpholine rings is 1. The Morgan fingerprint density at radius 3 is 2.84 bits per heavy atom. The number of amides is 2. The number of aromatic nitrogens is 2. The predicted molar refractivity (Wildman–Crippen MR) is 95.2 cm³/mol. The Balaban J connectivity index is 1.96. The average molecular weight is 344 g/mol. The van der Waals surface area contributed by atoms with E-state index in [2.05, 4.69) is 20.0 Å². The summed E-state index contributed by atoms with van der Waals surface area (Å²) >= 11 is 0. The maximum Gasteiger partial charge on any atom is 0.316 e. The molecule has 25 heavy (non-hydrogen) atoms. The molecule has 1 aromatic rings. The van der Waals surface area contributed by atoms with Gasteiger partial charge in [0.25, 0.3) is 0 Å². The first kappa shape index (κ1) is 16.9. The van der Waals surface area contributed by atoms with Crippen molar-refractivity contribution in [3.8, 4) is 0 Å². The molecule has 0 unspecified atom stereocenters. The molecule has 2 aliphatic rings. The Hall–Kier alpha value is -2.94. The molecule has 0 radical (unpaired) electrons. The number of nitrogens with one attached hydrogen (secondary N) is 1. The van der Waals surface area contributed by atoms with Gasteiger partial charge >= 0.3 is 6.03 Å². The van der Waals surface area contributed by atoms with Crippen LogP contribution in [0.4, 0.5) is 16.3 Å². The average Bonchev–Trinajstić information content (AvgIpc) is 2.96. The predicted octanol–water partition coefficient (Wildman–Crippen LogP) is 0.163. The number of aliphatic imine (C=N–C) groups is 1. The Morgan fingerprint density at radius 2 is 2.20 bits per heavy atom. The summed E-state index contributed by atoms with van der Waals surface area (Å²) in [6.45, 7) is 5.55. The zero-order chi connectivity index (χ0) is 17.8. The number of aryl methyl sites for hydroxylation is 1. The second-order valence-electron chi connectivity index (χ2n) is 5.63. The van der Waals surface area contributed by atoms with Crippen LogP contribution in [0.2, 0.25) is 0 Å². The fourth-order valence-corrected chi connectivity index (χ4v) is 2.73. The third-order valence-electron chi connectivity index (χ3n) is 4.01. The summed E-state index contributed by atoms with van der Waals surface area (Å²) < 4.78 is 9.21. The largest absolute Gasteiger partial charge is 0.382 e. The number of carbonyl (C=O) groups is 1. The smallest absolute Gasteiger partial charge is 0.316 e. The normalized spacial score (nSPS) is 19.2. The molecular weight excluding hydrogens is 322 g/mol. The lowest BCUT2D eigenvalue weighted by Crippen LogP contribution is -2.36. The van der Waals surface area contributed by atoms with Gasteiger partial charge in [-0.25, -0.2) is 19.0 Å². The van der Waals surface area contributed by atoms with E-state index in [0.717, 1.165) is 18.8 Å². The molecule has 1 fully saturated rings. The number of urea groups is 1. The fourth-order valence-electron chi connectivity index (χ4n) is 2.73. The van der Waals surface area contributed by atoms with Crippen molar-refractivity contribution in [3.63, 3.8) is 0 Å². The van der Waals surface area contributed by atoms with Gasteiger partial charge in [0.1, 0.15) is 24.7 Å². The van der Waals surface area contributed by atoms with Crippen molar-refractivity contribution in [2.45, 2.75) is 13.5 Å². The van der Waals surface area contributed by atoms with Crippen molar-refractivity contribution in [2.75, 3.05) is 32.0 Å². The van der Waals surface area contributed by atoms with E-state index in [4.69, 9.17) is 16.2 Å². The summed E-state index contributed by atoms with van der Waals surface area (Å²) in [6.07, 6.45) is 7.24. The van der Waals surface area contributed by atoms with Gasteiger partial charge in [0.05, 0.1) is 17.6 Å². The molecule has 9 nitrogen and oxygen atoms in total. The molecule has 2 heterocycles. The maximum atomic E-state index is 11.4. The van der Waals surface area contributed by atoms with Gasteiger partial charge in [-0.05, 0) is 13.0 Å². The van der Waals surface area contributed by atoms with Crippen LogP contribution in [0, 0.1) is 0 Å². The molecule has 3 rings (SSSR count). The highest BCUT2D eigenvalue weighted by atomic mass is 16.5. The highest BCUT2D eigenvalue weighted by molar-refractivity contribution is 6.21. The number of carbonyl (C=O) groups excluding carboxylic acids is 1. The summed E-state index contributed by atoms with van der Waals surface area (Å²) in [5.74, 6) is 0.477. The van der Waals surface area contributed by atoms with Gasteiger partial charge in [0.2, 0.25) is 5.71 Å². The lowest BCUT2D eigenvalue weighted by atomic mass is 10.1. The fraction of sp³-hybridized carbons (Fsp3) is 0.375. The minimum absolute atomic E-state index is 0.477. The quantitative estimate of drug-likeness (QED) is 0.534. The molecule has 0 aromatic carbocycles. The second-order valence-corrected chi connectivity index (χ2v) is 5.63.